The first kappa shape index (κ1) is 16.7. The molecular weight excluding hydrogens is 403 g/mol. The number of carbonyl (C=O) groups is 1. The number of aryl methyl sites for hydroxylation is 1. The maximum absolute atomic E-state index is 14.9. The first-order valence-corrected chi connectivity index (χ1v) is 8.65. The molecule has 26 heavy (non-hydrogen) atoms. The normalized spacial score (nSPS) is 13.1. The van der Waals surface area contributed by atoms with E-state index in [0.717, 1.165) is 5.56 Å². The van der Waals surface area contributed by atoms with Gasteiger partial charge in [0, 0.05) is 0 Å². The molecule has 3 aromatic rings. The highest BCUT2D eigenvalue weighted by molar-refractivity contribution is 9.10. The topological polar surface area (TPSA) is 67.3 Å². The summed E-state index contributed by atoms with van der Waals surface area (Å²) in [6.45, 7) is 1.92. The van der Waals surface area contributed by atoms with Gasteiger partial charge in [0.1, 0.15) is 17.4 Å². The van der Waals surface area contributed by atoms with Crippen molar-refractivity contribution in [3.05, 3.63) is 52.0 Å². The number of methoxy groups -OCH3 is 1. The van der Waals surface area contributed by atoms with Gasteiger partial charge in [-0.15, -0.1) is 0 Å². The molecule has 1 aromatic heterocycles. The van der Waals surface area contributed by atoms with E-state index in [1.165, 1.54) is 4.90 Å². The zero-order valence-electron chi connectivity index (χ0n) is 14.0. The Morgan fingerprint density at radius 3 is 2.69 bits per heavy atom. The minimum absolute atomic E-state index is 0.170. The quantitative estimate of drug-likeness (QED) is 0.686. The number of carbonyl (C=O) groups excluding carboxylic acids is 1. The third-order valence-electron chi connectivity index (χ3n) is 4.21. The Kier molecular flexibility index (Phi) is 3.99. The van der Waals surface area contributed by atoms with Gasteiger partial charge in [0.25, 0.3) is 0 Å². The van der Waals surface area contributed by atoms with Crippen molar-refractivity contribution in [2.45, 2.75) is 13.5 Å². The van der Waals surface area contributed by atoms with E-state index in [-0.39, 0.29) is 16.7 Å². The third kappa shape index (κ3) is 2.66. The largest absolute Gasteiger partial charge is 0.497 e. The fourth-order valence-electron chi connectivity index (χ4n) is 3.02. The molecule has 6 nitrogen and oxygen atoms in total. The van der Waals surface area contributed by atoms with Crippen LogP contribution in [0.1, 0.15) is 11.4 Å². The van der Waals surface area contributed by atoms with Crippen molar-refractivity contribution in [3.8, 4) is 5.75 Å². The standard InChI is InChI=1S/C18H14BrFN4O2/c1-9-21-13-7-12(19)15(20)16-14(13)17(22-9)23-18(25)24(16)8-10-3-5-11(26-2)6-4-10/h3-7H,8H2,1-2H3,(H,21,22,23,25). The molecule has 0 saturated carbocycles. The number of aromatic nitrogens is 2. The summed E-state index contributed by atoms with van der Waals surface area (Å²) in [5.41, 5.74) is 1.57. The van der Waals surface area contributed by atoms with Gasteiger partial charge in [-0.3, -0.25) is 10.2 Å². The Morgan fingerprint density at radius 2 is 2.00 bits per heavy atom. The van der Waals surface area contributed by atoms with Crippen LogP contribution in [-0.2, 0) is 6.54 Å². The van der Waals surface area contributed by atoms with Crippen LogP contribution < -0.4 is 15.0 Å². The number of ether oxygens (including phenoxy) is 1. The lowest BCUT2D eigenvalue weighted by atomic mass is 10.1. The van der Waals surface area contributed by atoms with E-state index in [1.807, 2.05) is 12.1 Å². The average Bonchev–Trinajstić information content (AvgIpc) is 2.61. The number of urea groups is 1. The maximum Gasteiger partial charge on any atom is 0.327 e. The van der Waals surface area contributed by atoms with Gasteiger partial charge in [0.05, 0.1) is 34.7 Å². The van der Waals surface area contributed by atoms with E-state index in [0.29, 0.717) is 28.3 Å². The monoisotopic (exact) mass is 416 g/mol. The van der Waals surface area contributed by atoms with Crippen molar-refractivity contribution in [3.63, 3.8) is 0 Å². The number of nitrogens with one attached hydrogen (secondary N) is 1. The second-order valence-electron chi connectivity index (χ2n) is 5.90. The molecule has 1 aliphatic heterocycles. The van der Waals surface area contributed by atoms with Gasteiger partial charge in [-0.2, -0.15) is 0 Å². The summed E-state index contributed by atoms with van der Waals surface area (Å²) in [4.78, 5) is 22.6. The number of hydrogen-bond donors (Lipinski definition) is 1. The Morgan fingerprint density at radius 1 is 1.27 bits per heavy atom. The number of hydrogen-bond acceptors (Lipinski definition) is 4. The summed E-state index contributed by atoms with van der Waals surface area (Å²) >= 11 is 3.22. The third-order valence-corrected chi connectivity index (χ3v) is 4.78. The summed E-state index contributed by atoms with van der Waals surface area (Å²) in [6.07, 6.45) is 0. The molecular formula is C18H14BrFN4O2. The van der Waals surface area contributed by atoms with Crippen LogP contribution in [0.15, 0.2) is 34.8 Å². The summed E-state index contributed by atoms with van der Waals surface area (Å²) in [5, 5.41) is 3.22. The van der Waals surface area contributed by atoms with Crippen LogP contribution >= 0.6 is 15.9 Å². The van der Waals surface area contributed by atoms with Gasteiger partial charge in [-0.05, 0) is 46.6 Å². The van der Waals surface area contributed by atoms with Crippen LogP contribution in [0.5, 0.6) is 5.75 Å². The van der Waals surface area contributed by atoms with Crippen LogP contribution in [0, 0.1) is 12.7 Å². The molecule has 0 aliphatic carbocycles. The highest BCUT2D eigenvalue weighted by Gasteiger charge is 2.31. The molecule has 1 aliphatic rings. The predicted molar refractivity (Wildman–Crippen MR) is 100 cm³/mol. The van der Waals surface area contributed by atoms with Gasteiger partial charge in [0.15, 0.2) is 5.82 Å². The van der Waals surface area contributed by atoms with Crippen molar-refractivity contribution in [1.82, 2.24) is 9.97 Å². The lowest BCUT2D eigenvalue weighted by molar-refractivity contribution is 0.256. The Labute approximate surface area is 157 Å². The van der Waals surface area contributed by atoms with Gasteiger partial charge < -0.3 is 4.74 Å². The fourth-order valence-corrected chi connectivity index (χ4v) is 3.42. The van der Waals surface area contributed by atoms with E-state index < -0.39 is 11.8 Å². The minimum atomic E-state index is -0.519. The smallest absolute Gasteiger partial charge is 0.327 e. The van der Waals surface area contributed by atoms with Crippen LogP contribution in [0.4, 0.5) is 20.7 Å². The molecule has 0 radical (unpaired) electrons. The molecule has 2 aromatic carbocycles. The van der Waals surface area contributed by atoms with Crippen LogP contribution in [0.2, 0.25) is 0 Å². The average molecular weight is 417 g/mol. The van der Waals surface area contributed by atoms with Crippen LogP contribution in [0.3, 0.4) is 0 Å². The van der Waals surface area contributed by atoms with Crippen LogP contribution in [-0.4, -0.2) is 23.1 Å². The number of benzene rings is 2. The highest BCUT2D eigenvalue weighted by Crippen LogP contribution is 2.41. The summed E-state index contributed by atoms with van der Waals surface area (Å²) in [6, 6.07) is 8.41. The molecule has 0 saturated heterocycles. The van der Waals surface area contributed by atoms with E-state index in [2.05, 4.69) is 31.2 Å². The van der Waals surface area contributed by atoms with Gasteiger partial charge in [-0.1, -0.05) is 12.1 Å². The first-order chi connectivity index (χ1) is 12.5. The first-order valence-electron chi connectivity index (χ1n) is 7.85. The molecule has 8 heteroatoms. The Bertz CT molecular complexity index is 1040. The zero-order chi connectivity index (χ0) is 18.4. The van der Waals surface area contributed by atoms with Gasteiger partial charge in [-0.25, -0.2) is 19.2 Å². The molecule has 0 bridgehead atoms. The number of nitrogens with zero attached hydrogens (tertiary/aromatic N) is 3. The molecule has 4 rings (SSSR count). The number of amides is 2. The molecule has 132 valence electrons. The van der Waals surface area contributed by atoms with Crippen molar-refractivity contribution >= 4 is 44.4 Å². The van der Waals surface area contributed by atoms with Gasteiger partial charge in [0.2, 0.25) is 0 Å². The second-order valence-corrected chi connectivity index (χ2v) is 6.75. The number of halogens is 2. The lowest BCUT2D eigenvalue weighted by Crippen LogP contribution is -2.38. The van der Waals surface area contributed by atoms with Crippen LogP contribution in [0.25, 0.3) is 10.9 Å². The number of rotatable bonds is 3. The van der Waals surface area contributed by atoms with E-state index in [1.54, 1.807) is 32.2 Å². The van der Waals surface area contributed by atoms with E-state index in [4.69, 9.17) is 4.74 Å². The maximum atomic E-state index is 14.9. The second kappa shape index (κ2) is 6.21. The van der Waals surface area contributed by atoms with Gasteiger partial charge >= 0.3 is 6.03 Å². The Hall–Kier alpha value is -2.74. The fraction of sp³-hybridized carbons (Fsp3) is 0.167. The van der Waals surface area contributed by atoms with Crippen molar-refractivity contribution in [2.24, 2.45) is 0 Å². The number of anilines is 2. The van der Waals surface area contributed by atoms with E-state index in [9.17, 15) is 9.18 Å². The minimum Gasteiger partial charge on any atom is -0.497 e. The molecule has 2 heterocycles. The molecule has 0 unspecified atom stereocenters. The summed E-state index contributed by atoms with van der Waals surface area (Å²) in [7, 11) is 1.58. The SMILES string of the molecule is COc1ccc(CN2C(=O)Nc3nc(C)nc4cc(Br)c(F)c2c34)cc1. The summed E-state index contributed by atoms with van der Waals surface area (Å²) in [5.74, 6) is 1.02. The summed E-state index contributed by atoms with van der Waals surface area (Å²) < 4.78 is 20.3. The zero-order valence-corrected chi connectivity index (χ0v) is 15.6. The molecule has 1 N–H and O–H groups in total. The van der Waals surface area contributed by atoms with Crippen molar-refractivity contribution in [1.29, 1.82) is 0 Å². The Balaban J connectivity index is 1.87. The molecule has 0 spiro atoms. The lowest BCUT2D eigenvalue weighted by Gasteiger charge is -2.30. The molecule has 0 atom stereocenters. The van der Waals surface area contributed by atoms with Crippen molar-refractivity contribution in [2.75, 3.05) is 17.3 Å². The highest BCUT2D eigenvalue weighted by atomic mass is 79.9. The predicted octanol–water partition coefficient (Wildman–Crippen LogP) is 4.40. The van der Waals surface area contributed by atoms with Crippen molar-refractivity contribution < 1.29 is 13.9 Å². The molecule has 2 amide bonds. The van der Waals surface area contributed by atoms with E-state index >= 15 is 0 Å². The molecule has 0 fully saturated rings.